The predicted molar refractivity (Wildman–Crippen MR) is 100 cm³/mol. The highest BCUT2D eigenvalue weighted by Crippen LogP contribution is 2.42. The normalized spacial score (nSPS) is 15.0. The van der Waals surface area contributed by atoms with Gasteiger partial charge in [0.05, 0.1) is 0 Å². The molecule has 1 heterocycles. The Morgan fingerprint density at radius 3 is 2.17 bits per heavy atom. The maximum Gasteiger partial charge on any atom is 0.112 e. The number of aromatic nitrogens is 2. The molecular formula is C22H26N2. The topological polar surface area (TPSA) is 17.8 Å². The molecule has 2 heteroatoms. The van der Waals surface area contributed by atoms with Crippen molar-refractivity contribution in [2.75, 3.05) is 0 Å². The summed E-state index contributed by atoms with van der Waals surface area (Å²) >= 11 is 0. The highest BCUT2D eigenvalue weighted by atomic mass is 15.0. The Morgan fingerprint density at radius 2 is 1.62 bits per heavy atom. The monoisotopic (exact) mass is 318 g/mol. The molecule has 3 rings (SSSR count). The summed E-state index contributed by atoms with van der Waals surface area (Å²) in [5, 5.41) is 0. The van der Waals surface area contributed by atoms with Gasteiger partial charge in [-0.3, -0.25) is 0 Å². The standard InChI is InChI=1S/C22H26N2/c1-4-20(21-23-15-16-24(21)3)22(2,19-13-9-6-10-14-19)17-18-11-7-5-8-12-18/h5-16,20H,4,17H2,1-3H3. The molecule has 0 radical (unpaired) electrons. The van der Waals surface area contributed by atoms with E-state index in [4.69, 9.17) is 0 Å². The zero-order valence-corrected chi connectivity index (χ0v) is 14.8. The van der Waals surface area contributed by atoms with E-state index in [1.165, 1.54) is 17.0 Å². The number of benzene rings is 2. The fraction of sp³-hybridized carbons (Fsp3) is 0.318. The molecule has 0 aliphatic heterocycles. The number of hydrogen-bond donors (Lipinski definition) is 0. The van der Waals surface area contributed by atoms with Crippen LogP contribution in [0.5, 0.6) is 0 Å². The third kappa shape index (κ3) is 3.14. The molecule has 3 aromatic rings. The van der Waals surface area contributed by atoms with Gasteiger partial charge in [-0.05, 0) is 24.0 Å². The van der Waals surface area contributed by atoms with Crippen molar-refractivity contribution < 1.29 is 0 Å². The van der Waals surface area contributed by atoms with E-state index in [1.807, 2.05) is 12.4 Å². The van der Waals surface area contributed by atoms with Gasteiger partial charge >= 0.3 is 0 Å². The van der Waals surface area contributed by atoms with E-state index in [-0.39, 0.29) is 5.41 Å². The molecule has 0 aliphatic rings. The molecule has 0 aliphatic carbocycles. The maximum absolute atomic E-state index is 4.68. The first kappa shape index (κ1) is 16.5. The first-order chi connectivity index (χ1) is 11.6. The van der Waals surface area contributed by atoms with Gasteiger partial charge in [0, 0.05) is 30.8 Å². The minimum absolute atomic E-state index is 0.00350. The zero-order valence-electron chi connectivity index (χ0n) is 14.8. The van der Waals surface area contributed by atoms with Crippen molar-refractivity contribution in [3.05, 3.63) is 90.0 Å². The molecule has 0 saturated carbocycles. The minimum Gasteiger partial charge on any atom is -0.338 e. The molecule has 24 heavy (non-hydrogen) atoms. The van der Waals surface area contributed by atoms with Crippen LogP contribution in [0.25, 0.3) is 0 Å². The maximum atomic E-state index is 4.68. The Kier molecular flexibility index (Phi) is 4.84. The van der Waals surface area contributed by atoms with Crippen LogP contribution >= 0.6 is 0 Å². The highest BCUT2D eigenvalue weighted by molar-refractivity contribution is 5.33. The molecule has 0 spiro atoms. The Hall–Kier alpha value is -2.35. The van der Waals surface area contributed by atoms with Gasteiger partial charge in [-0.2, -0.15) is 0 Å². The quantitative estimate of drug-likeness (QED) is 0.617. The summed E-state index contributed by atoms with van der Waals surface area (Å²) in [5.74, 6) is 1.53. The van der Waals surface area contributed by atoms with Gasteiger partial charge in [-0.1, -0.05) is 74.5 Å². The Labute approximate surface area is 145 Å². The van der Waals surface area contributed by atoms with Crippen LogP contribution in [0.15, 0.2) is 73.1 Å². The van der Waals surface area contributed by atoms with Crippen molar-refractivity contribution in [1.82, 2.24) is 9.55 Å². The molecule has 0 N–H and O–H groups in total. The molecule has 0 bridgehead atoms. The number of imidazole rings is 1. The fourth-order valence-corrected chi connectivity index (χ4v) is 3.90. The summed E-state index contributed by atoms with van der Waals surface area (Å²) in [6.07, 6.45) is 6.02. The van der Waals surface area contributed by atoms with E-state index in [9.17, 15) is 0 Å². The number of aryl methyl sites for hydroxylation is 1. The molecular weight excluding hydrogens is 292 g/mol. The van der Waals surface area contributed by atoms with Gasteiger partial charge in [0.25, 0.3) is 0 Å². The van der Waals surface area contributed by atoms with Crippen LogP contribution in [0, 0.1) is 0 Å². The molecule has 0 fully saturated rings. The van der Waals surface area contributed by atoms with Gasteiger partial charge in [-0.15, -0.1) is 0 Å². The Morgan fingerprint density at radius 1 is 1.00 bits per heavy atom. The number of nitrogens with zero attached hydrogens (tertiary/aromatic N) is 2. The molecule has 2 atom stereocenters. The molecule has 2 aromatic carbocycles. The molecule has 2 unspecified atom stereocenters. The minimum atomic E-state index is -0.00350. The number of rotatable bonds is 6. The summed E-state index contributed by atoms with van der Waals surface area (Å²) in [4.78, 5) is 4.68. The third-order valence-corrected chi connectivity index (χ3v) is 5.19. The van der Waals surface area contributed by atoms with Crippen LogP contribution in [-0.2, 0) is 18.9 Å². The predicted octanol–water partition coefficient (Wildman–Crippen LogP) is 5.11. The number of hydrogen-bond acceptors (Lipinski definition) is 1. The highest BCUT2D eigenvalue weighted by Gasteiger charge is 2.38. The van der Waals surface area contributed by atoms with E-state index in [1.54, 1.807) is 0 Å². The Balaban J connectivity index is 2.09. The average Bonchev–Trinajstić information content (AvgIpc) is 3.03. The van der Waals surface area contributed by atoms with E-state index in [0.717, 1.165) is 12.8 Å². The summed E-state index contributed by atoms with van der Waals surface area (Å²) in [6, 6.07) is 21.7. The average molecular weight is 318 g/mol. The first-order valence-corrected chi connectivity index (χ1v) is 8.72. The third-order valence-electron chi connectivity index (χ3n) is 5.19. The van der Waals surface area contributed by atoms with Gasteiger partial charge in [-0.25, -0.2) is 4.98 Å². The SMILES string of the molecule is CCC(c1nccn1C)C(C)(Cc1ccccc1)c1ccccc1. The first-order valence-electron chi connectivity index (χ1n) is 8.72. The molecule has 2 nitrogen and oxygen atoms in total. The van der Waals surface area contributed by atoms with Gasteiger partial charge in [0.2, 0.25) is 0 Å². The van der Waals surface area contributed by atoms with Gasteiger partial charge < -0.3 is 4.57 Å². The van der Waals surface area contributed by atoms with E-state index in [2.05, 4.69) is 91.1 Å². The van der Waals surface area contributed by atoms with Gasteiger partial charge in [0.1, 0.15) is 5.82 Å². The van der Waals surface area contributed by atoms with Gasteiger partial charge in [0.15, 0.2) is 0 Å². The fourth-order valence-electron chi connectivity index (χ4n) is 3.90. The lowest BCUT2D eigenvalue weighted by atomic mass is 9.66. The summed E-state index contributed by atoms with van der Waals surface area (Å²) in [6.45, 7) is 4.66. The van der Waals surface area contributed by atoms with Crippen LogP contribution in [0.3, 0.4) is 0 Å². The van der Waals surface area contributed by atoms with Crippen molar-refractivity contribution in [2.24, 2.45) is 7.05 Å². The lowest BCUT2D eigenvalue weighted by Gasteiger charge is -2.38. The van der Waals surface area contributed by atoms with Crippen molar-refractivity contribution in [1.29, 1.82) is 0 Å². The van der Waals surface area contributed by atoms with Crippen LogP contribution in [0.2, 0.25) is 0 Å². The molecule has 0 amide bonds. The van der Waals surface area contributed by atoms with Crippen LogP contribution < -0.4 is 0 Å². The van der Waals surface area contributed by atoms with Crippen LogP contribution in [0.4, 0.5) is 0 Å². The van der Waals surface area contributed by atoms with E-state index < -0.39 is 0 Å². The molecule has 124 valence electrons. The summed E-state index contributed by atoms with van der Waals surface area (Å²) in [7, 11) is 2.10. The van der Waals surface area contributed by atoms with Crippen molar-refractivity contribution in [3.8, 4) is 0 Å². The smallest absolute Gasteiger partial charge is 0.112 e. The summed E-state index contributed by atoms with van der Waals surface area (Å²) in [5.41, 5.74) is 2.75. The zero-order chi connectivity index (χ0) is 17.0. The second kappa shape index (κ2) is 7.04. The second-order valence-electron chi connectivity index (χ2n) is 6.80. The largest absolute Gasteiger partial charge is 0.338 e. The summed E-state index contributed by atoms with van der Waals surface area (Å²) < 4.78 is 2.17. The molecule has 0 saturated heterocycles. The Bertz CT molecular complexity index is 761. The van der Waals surface area contributed by atoms with Crippen molar-refractivity contribution in [3.63, 3.8) is 0 Å². The van der Waals surface area contributed by atoms with Crippen LogP contribution in [0.1, 0.15) is 43.1 Å². The van der Waals surface area contributed by atoms with E-state index >= 15 is 0 Å². The molecule has 1 aromatic heterocycles. The van der Waals surface area contributed by atoms with Crippen molar-refractivity contribution in [2.45, 2.75) is 38.0 Å². The second-order valence-corrected chi connectivity index (χ2v) is 6.80. The lowest BCUT2D eigenvalue weighted by molar-refractivity contribution is 0.344. The van der Waals surface area contributed by atoms with Crippen LogP contribution in [-0.4, -0.2) is 9.55 Å². The van der Waals surface area contributed by atoms with Crippen molar-refractivity contribution >= 4 is 0 Å². The lowest BCUT2D eigenvalue weighted by Crippen LogP contribution is -2.34. The van der Waals surface area contributed by atoms with E-state index in [0.29, 0.717) is 5.92 Å².